The van der Waals surface area contributed by atoms with Gasteiger partial charge in [-0.1, -0.05) is 6.08 Å². The maximum absolute atomic E-state index is 3.61. The topological polar surface area (TPSA) is 21.9 Å². The van der Waals surface area contributed by atoms with Crippen LogP contribution in [0.2, 0.25) is 0 Å². The van der Waals surface area contributed by atoms with Gasteiger partial charge in [-0.15, -0.1) is 6.58 Å². The molecule has 0 aromatic heterocycles. The van der Waals surface area contributed by atoms with Crippen LogP contribution >= 0.6 is 0 Å². The van der Waals surface area contributed by atoms with Crippen molar-refractivity contribution in [2.75, 3.05) is 0 Å². The Hall–Kier alpha value is -0.300. The van der Waals surface area contributed by atoms with Gasteiger partial charge in [-0.2, -0.15) is 0 Å². The Morgan fingerprint density at radius 3 is 2.33 bits per heavy atom. The van der Waals surface area contributed by atoms with Crippen LogP contribution in [0.25, 0.3) is 0 Å². The smallest absolute Gasteiger partial charge is 0.0402 e. The number of hydrogen-bond acceptors (Lipinski definition) is 1. The molecule has 1 rings (SSSR count). The van der Waals surface area contributed by atoms with Gasteiger partial charge in [-0.3, -0.25) is 0 Å². The number of nitrogens with one attached hydrogen (secondary N) is 1. The normalized spacial score (nSPS) is 42.2. The highest BCUT2D eigenvalue weighted by Crippen LogP contribution is 2.08. The minimum atomic E-state index is 0.616. The van der Waals surface area contributed by atoms with Crippen molar-refractivity contribution in [3.8, 4) is 0 Å². The fourth-order valence-electron chi connectivity index (χ4n) is 0.520. The van der Waals surface area contributed by atoms with E-state index in [1.54, 1.807) is 0 Å². The average Bonchev–Trinajstić information content (AvgIpc) is 2.19. The highest BCUT2D eigenvalue weighted by atomic mass is 15.1. The summed E-state index contributed by atoms with van der Waals surface area (Å²) in [6.45, 7) is 5.76. The van der Waals surface area contributed by atoms with Gasteiger partial charge in [0.25, 0.3) is 0 Å². The molecule has 0 saturated carbocycles. The minimum Gasteiger partial charge on any atom is -0.305 e. The van der Waals surface area contributed by atoms with Crippen LogP contribution < -0.4 is 5.32 Å². The molecule has 0 unspecified atom stereocenters. The Balaban J connectivity index is 2.25. The first-order valence-corrected chi connectivity index (χ1v) is 2.23. The van der Waals surface area contributed by atoms with Gasteiger partial charge in [0.15, 0.2) is 0 Å². The van der Waals surface area contributed by atoms with E-state index in [2.05, 4.69) is 18.8 Å². The molecule has 34 valence electrons. The summed E-state index contributed by atoms with van der Waals surface area (Å²) < 4.78 is 0. The van der Waals surface area contributed by atoms with Crippen molar-refractivity contribution in [2.45, 2.75) is 19.0 Å². The van der Waals surface area contributed by atoms with Crippen molar-refractivity contribution >= 4 is 0 Å². The second-order valence-electron chi connectivity index (χ2n) is 1.72. The average molecular weight is 83.1 g/mol. The standard InChI is InChI=1S/C5H9N/c1-3-5-4(2)6-5/h3-6H,1H2,2H3/t4-,5-/m1/s1. The molecule has 1 N–H and O–H groups in total. The Kier molecular flexibility index (Phi) is 0.701. The molecule has 1 nitrogen and oxygen atoms in total. The molecule has 1 aliphatic rings. The second kappa shape index (κ2) is 1.09. The third kappa shape index (κ3) is 0.455. The van der Waals surface area contributed by atoms with Crippen molar-refractivity contribution in [3.05, 3.63) is 12.7 Å². The predicted octanol–water partition coefficient (Wildman–Crippen LogP) is 0.533. The van der Waals surface area contributed by atoms with Crippen LogP contribution in [0.15, 0.2) is 12.7 Å². The third-order valence-corrected chi connectivity index (χ3v) is 1.14. The molecule has 1 heteroatoms. The van der Waals surface area contributed by atoms with Gasteiger partial charge in [0, 0.05) is 12.1 Å². The first-order valence-electron chi connectivity index (χ1n) is 2.23. The Morgan fingerprint density at radius 1 is 1.83 bits per heavy atom. The third-order valence-electron chi connectivity index (χ3n) is 1.14. The first-order chi connectivity index (χ1) is 2.84. The highest BCUT2D eigenvalue weighted by Gasteiger charge is 2.26. The molecular weight excluding hydrogens is 74.1 g/mol. The Morgan fingerprint density at radius 2 is 2.33 bits per heavy atom. The first kappa shape index (κ1) is 3.88. The molecule has 1 heterocycles. The van der Waals surface area contributed by atoms with Crippen molar-refractivity contribution in [1.29, 1.82) is 0 Å². The summed E-state index contributed by atoms with van der Waals surface area (Å²) >= 11 is 0. The van der Waals surface area contributed by atoms with Crippen LogP contribution in [0.4, 0.5) is 0 Å². The quantitative estimate of drug-likeness (QED) is 0.362. The molecular formula is C5H9N. The zero-order valence-corrected chi connectivity index (χ0v) is 3.94. The van der Waals surface area contributed by atoms with Gasteiger partial charge < -0.3 is 5.32 Å². The number of hydrogen-bond donors (Lipinski definition) is 1. The zero-order chi connectivity index (χ0) is 4.57. The van der Waals surface area contributed by atoms with Crippen LogP contribution in [-0.4, -0.2) is 12.1 Å². The van der Waals surface area contributed by atoms with Crippen LogP contribution in [0.3, 0.4) is 0 Å². The van der Waals surface area contributed by atoms with Gasteiger partial charge >= 0.3 is 0 Å². The van der Waals surface area contributed by atoms with Gasteiger partial charge in [-0.25, -0.2) is 0 Å². The zero-order valence-electron chi connectivity index (χ0n) is 3.94. The van der Waals surface area contributed by atoms with E-state index < -0.39 is 0 Å². The molecule has 6 heavy (non-hydrogen) atoms. The van der Waals surface area contributed by atoms with Crippen molar-refractivity contribution < 1.29 is 0 Å². The van der Waals surface area contributed by atoms with Gasteiger partial charge in [0.1, 0.15) is 0 Å². The monoisotopic (exact) mass is 83.1 g/mol. The van der Waals surface area contributed by atoms with E-state index in [1.807, 2.05) is 6.08 Å². The lowest BCUT2D eigenvalue weighted by molar-refractivity contribution is 1.08. The summed E-state index contributed by atoms with van der Waals surface area (Å²) in [5, 5.41) is 3.16. The fraction of sp³-hybridized carbons (Fsp3) is 0.600. The summed E-state index contributed by atoms with van der Waals surface area (Å²) in [7, 11) is 0. The molecule has 0 amide bonds. The van der Waals surface area contributed by atoms with E-state index in [0.29, 0.717) is 12.1 Å². The maximum atomic E-state index is 3.61. The molecule has 0 spiro atoms. The SMILES string of the molecule is C=C[C@H]1N[C@@H]1C. The number of rotatable bonds is 1. The molecule has 1 fully saturated rings. The summed E-state index contributed by atoms with van der Waals surface area (Å²) in [4.78, 5) is 0. The Labute approximate surface area is 38.1 Å². The molecule has 1 saturated heterocycles. The molecule has 0 aromatic rings. The van der Waals surface area contributed by atoms with Crippen LogP contribution in [0.1, 0.15) is 6.92 Å². The minimum absolute atomic E-state index is 0.616. The molecule has 0 bridgehead atoms. The summed E-state index contributed by atoms with van der Waals surface area (Å²) in [5.74, 6) is 0. The lowest BCUT2D eigenvalue weighted by Crippen LogP contribution is -1.78. The summed E-state index contributed by atoms with van der Waals surface area (Å²) in [5.41, 5.74) is 0. The molecule has 2 atom stereocenters. The maximum Gasteiger partial charge on any atom is 0.0402 e. The lowest BCUT2D eigenvalue weighted by Gasteiger charge is -1.67. The van der Waals surface area contributed by atoms with Crippen LogP contribution in [-0.2, 0) is 0 Å². The van der Waals surface area contributed by atoms with E-state index >= 15 is 0 Å². The Bertz CT molecular complexity index is 68.3. The summed E-state index contributed by atoms with van der Waals surface area (Å²) in [6, 6.07) is 1.31. The van der Waals surface area contributed by atoms with E-state index in [-0.39, 0.29) is 0 Å². The summed E-state index contributed by atoms with van der Waals surface area (Å²) in [6.07, 6.45) is 1.94. The van der Waals surface area contributed by atoms with E-state index in [0.717, 1.165) is 0 Å². The second-order valence-corrected chi connectivity index (χ2v) is 1.72. The molecule has 0 aliphatic carbocycles. The fourth-order valence-corrected chi connectivity index (χ4v) is 0.520. The molecule has 0 radical (unpaired) electrons. The van der Waals surface area contributed by atoms with Crippen molar-refractivity contribution in [2.24, 2.45) is 0 Å². The van der Waals surface area contributed by atoms with Gasteiger partial charge in [-0.05, 0) is 6.92 Å². The van der Waals surface area contributed by atoms with Crippen molar-refractivity contribution in [3.63, 3.8) is 0 Å². The highest BCUT2D eigenvalue weighted by molar-refractivity contribution is 5.05. The van der Waals surface area contributed by atoms with E-state index in [9.17, 15) is 0 Å². The van der Waals surface area contributed by atoms with Crippen molar-refractivity contribution in [1.82, 2.24) is 5.32 Å². The largest absolute Gasteiger partial charge is 0.305 e. The van der Waals surface area contributed by atoms with E-state index in [4.69, 9.17) is 0 Å². The van der Waals surface area contributed by atoms with Crippen LogP contribution in [0, 0.1) is 0 Å². The van der Waals surface area contributed by atoms with Gasteiger partial charge in [0.2, 0.25) is 0 Å². The lowest BCUT2D eigenvalue weighted by atomic mass is 10.3. The van der Waals surface area contributed by atoms with Crippen LogP contribution in [0.5, 0.6) is 0 Å². The predicted molar refractivity (Wildman–Crippen MR) is 26.6 cm³/mol. The van der Waals surface area contributed by atoms with E-state index in [1.165, 1.54) is 0 Å². The molecule has 1 aliphatic heterocycles. The molecule has 0 aromatic carbocycles. The van der Waals surface area contributed by atoms with Gasteiger partial charge in [0.05, 0.1) is 0 Å².